The number of aromatic carboxylic acids is 1. The van der Waals surface area contributed by atoms with Crippen molar-refractivity contribution < 1.29 is 24.3 Å². The number of carbonyl (C=O) groups excluding carboxylic acids is 3. The summed E-state index contributed by atoms with van der Waals surface area (Å²) in [6.45, 7) is 3.06. The average molecular weight is 421 g/mol. The Labute approximate surface area is 175 Å². The number of thioether (sulfide) groups is 1. The molecule has 30 heavy (non-hydrogen) atoms. The van der Waals surface area contributed by atoms with Gasteiger partial charge in [-0.15, -0.1) is 0 Å². The Kier molecular flexibility index (Phi) is 4.75. The van der Waals surface area contributed by atoms with Gasteiger partial charge >= 0.3 is 5.97 Å². The number of rotatable bonds is 2. The largest absolute Gasteiger partial charge is 0.478 e. The summed E-state index contributed by atoms with van der Waals surface area (Å²) >= 11 is 0.978. The van der Waals surface area contributed by atoms with Crippen LogP contribution >= 0.6 is 11.8 Å². The van der Waals surface area contributed by atoms with Crippen LogP contribution < -0.4 is 10.2 Å². The zero-order valence-corrected chi connectivity index (χ0v) is 16.7. The minimum absolute atomic E-state index is 0.0739. The lowest BCUT2D eigenvalue weighted by Crippen LogP contribution is -2.31. The van der Waals surface area contributed by atoms with Crippen molar-refractivity contribution in [1.29, 1.82) is 0 Å². The minimum atomic E-state index is -1.08. The summed E-state index contributed by atoms with van der Waals surface area (Å²) in [5, 5.41) is 12.0. The van der Waals surface area contributed by atoms with E-state index < -0.39 is 23.7 Å². The normalized spacial score (nSPS) is 19.3. The third-order valence-corrected chi connectivity index (χ3v) is 5.66. The molecule has 150 valence electrons. The number of imide groups is 1. The van der Waals surface area contributed by atoms with Crippen LogP contribution in [0.1, 0.15) is 28.4 Å². The molecule has 4 rings (SSSR count). The Morgan fingerprint density at radius 2 is 1.87 bits per heavy atom. The van der Waals surface area contributed by atoms with Crippen LogP contribution in [0.4, 0.5) is 11.4 Å². The lowest BCUT2D eigenvalue weighted by Gasteiger charge is -2.11. The number of amides is 3. The Bertz CT molecular complexity index is 1210. The summed E-state index contributed by atoms with van der Waals surface area (Å²) in [6, 6.07) is 11.3. The Morgan fingerprint density at radius 1 is 1.13 bits per heavy atom. The van der Waals surface area contributed by atoms with Crippen molar-refractivity contribution in [2.45, 2.75) is 13.8 Å². The van der Waals surface area contributed by atoms with Crippen molar-refractivity contribution in [3.05, 3.63) is 64.1 Å². The number of aryl methyl sites for hydroxylation is 1. The number of carboxylic acids is 1. The van der Waals surface area contributed by atoms with Gasteiger partial charge in [-0.2, -0.15) is 0 Å². The monoisotopic (exact) mass is 421 g/mol. The first-order valence-electron chi connectivity index (χ1n) is 8.88. The van der Waals surface area contributed by atoms with E-state index in [1.165, 1.54) is 19.1 Å². The minimum Gasteiger partial charge on any atom is -0.478 e. The number of anilines is 1. The number of carbonyl (C=O) groups is 4. The first kappa shape index (κ1) is 19.6. The van der Waals surface area contributed by atoms with Gasteiger partial charge in [-0.25, -0.2) is 14.7 Å². The van der Waals surface area contributed by atoms with Crippen LogP contribution in [0.25, 0.3) is 5.57 Å². The van der Waals surface area contributed by atoms with E-state index in [1.54, 1.807) is 37.3 Å². The maximum Gasteiger partial charge on any atom is 0.335 e. The predicted molar refractivity (Wildman–Crippen MR) is 112 cm³/mol. The Balaban J connectivity index is 1.78. The number of hydrogen-bond donors (Lipinski definition) is 2. The summed E-state index contributed by atoms with van der Waals surface area (Å²) < 4.78 is 0. The molecule has 2 aromatic rings. The summed E-state index contributed by atoms with van der Waals surface area (Å²) in [6.07, 6.45) is 0. The molecule has 9 heteroatoms. The van der Waals surface area contributed by atoms with Gasteiger partial charge in [0.25, 0.3) is 11.8 Å². The fourth-order valence-corrected chi connectivity index (χ4v) is 4.18. The van der Waals surface area contributed by atoms with E-state index in [2.05, 4.69) is 10.3 Å². The molecule has 0 radical (unpaired) electrons. The molecule has 8 nitrogen and oxygen atoms in total. The van der Waals surface area contributed by atoms with Crippen molar-refractivity contribution >= 4 is 57.6 Å². The predicted octanol–water partition coefficient (Wildman–Crippen LogP) is 2.85. The Morgan fingerprint density at radius 3 is 2.57 bits per heavy atom. The van der Waals surface area contributed by atoms with E-state index in [1.807, 2.05) is 0 Å². The van der Waals surface area contributed by atoms with E-state index in [-0.39, 0.29) is 21.2 Å². The first-order chi connectivity index (χ1) is 14.3. The van der Waals surface area contributed by atoms with Crippen molar-refractivity contribution in [3.63, 3.8) is 0 Å². The van der Waals surface area contributed by atoms with Crippen LogP contribution in [0.3, 0.4) is 0 Å². The number of nitrogens with zero attached hydrogens (tertiary/aromatic N) is 2. The molecule has 0 aliphatic carbocycles. The SMILES string of the molecule is CC(=O)N1C(=O)C(=C2SC(=Nc3cc(C(=O)O)ccc3C)NC2=O)c2ccccc21. The van der Waals surface area contributed by atoms with Gasteiger partial charge in [-0.3, -0.25) is 14.4 Å². The second kappa shape index (κ2) is 7.27. The lowest BCUT2D eigenvalue weighted by atomic mass is 10.1. The third-order valence-electron chi connectivity index (χ3n) is 4.68. The van der Waals surface area contributed by atoms with Crippen molar-refractivity contribution in [3.8, 4) is 0 Å². The molecule has 1 fully saturated rings. The maximum atomic E-state index is 12.9. The molecule has 3 amide bonds. The molecule has 2 aliphatic heterocycles. The molecule has 0 spiro atoms. The zero-order chi connectivity index (χ0) is 21.6. The molecule has 0 aromatic heterocycles. The molecule has 2 aromatic carbocycles. The van der Waals surface area contributed by atoms with Gasteiger partial charge in [-0.1, -0.05) is 24.3 Å². The average Bonchev–Trinajstić information content (AvgIpc) is 3.19. The summed E-state index contributed by atoms with van der Waals surface area (Å²) in [7, 11) is 0. The second-order valence-corrected chi connectivity index (χ2v) is 7.66. The number of benzene rings is 2. The number of nitrogens with one attached hydrogen (secondary N) is 1. The van der Waals surface area contributed by atoms with Crippen molar-refractivity contribution in [2.24, 2.45) is 4.99 Å². The van der Waals surface area contributed by atoms with Gasteiger partial charge in [0.15, 0.2) is 5.17 Å². The van der Waals surface area contributed by atoms with Gasteiger partial charge in [0.2, 0.25) is 5.91 Å². The van der Waals surface area contributed by atoms with Gasteiger partial charge in [0, 0.05) is 12.5 Å². The van der Waals surface area contributed by atoms with Crippen molar-refractivity contribution in [1.82, 2.24) is 5.32 Å². The summed E-state index contributed by atoms with van der Waals surface area (Å²) in [4.78, 5) is 54.3. The van der Waals surface area contributed by atoms with Crippen LogP contribution in [0.2, 0.25) is 0 Å². The van der Waals surface area contributed by atoms with E-state index >= 15 is 0 Å². The fourth-order valence-electron chi connectivity index (χ4n) is 3.26. The van der Waals surface area contributed by atoms with Gasteiger partial charge in [0.05, 0.1) is 27.4 Å². The van der Waals surface area contributed by atoms with Gasteiger partial charge < -0.3 is 10.4 Å². The van der Waals surface area contributed by atoms with Crippen molar-refractivity contribution in [2.75, 3.05) is 4.90 Å². The van der Waals surface area contributed by atoms with E-state index in [0.29, 0.717) is 16.9 Å². The summed E-state index contributed by atoms with van der Waals surface area (Å²) in [5.41, 5.74) is 2.28. The number of fused-ring (bicyclic) bond motifs is 1. The fraction of sp³-hybridized carbons (Fsp3) is 0.0952. The van der Waals surface area contributed by atoms with Crippen LogP contribution in [-0.2, 0) is 14.4 Å². The van der Waals surface area contributed by atoms with Crippen LogP contribution in [0.5, 0.6) is 0 Å². The highest BCUT2D eigenvalue weighted by Crippen LogP contribution is 2.43. The smallest absolute Gasteiger partial charge is 0.335 e. The molecule has 1 saturated heterocycles. The molecule has 0 saturated carbocycles. The Hall–Kier alpha value is -3.72. The number of aliphatic imine (C=N–C) groups is 1. The number of amidine groups is 1. The lowest BCUT2D eigenvalue weighted by molar-refractivity contribution is -0.122. The molecule has 2 aliphatic rings. The first-order valence-corrected chi connectivity index (χ1v) is 9.70. The summed E-state index contributed by atoms with van der Waals surface area (Å²) in [5.74, 6) is -2.60. The molecule has 2 N–H and O–H groups in total. The molecule has 0 unspecified atom stereocenters. The van der Waals surface area contributed by atoms with E-state index in [9.17, 15) is 24.3 Å². The van der Waals surface area contributed by atoms with Crippen LogP contribution in [0.15, 0.2) is 52.4 Å². The third kappa shape index (κ3) is 3.18. The van der Waals surface area contributed by atoms with Gasteiger partial charge in [-0.05, 0) is 42.4 Å². The molecule has 0 bridgehead atoms. The van der Waals surface area contributed by atoms with E-state index in [4.69, 9.17) is 0 Å². The molecule has 2 heterocycles. The molecular formula is C21H15N3O5S. The highest BCUT2D eigenvalue weighted by molar-refractivity contribution is 8.18. The van der Waals surface area contributed by atoms with Crippen LogP contribution in [-0.4, -0.2) is 34.0 Å². The number of para-hydroxylation sites is 1. The number of hydrogen-bond acceptors (Lipinski definition) is 6. The highest BCUT2D eigenvalue weighted by atomic mass is 32.2. The number of carboxylic acid groups (broad SMARTS) is 1. The second-order valence-electron chi connectivity index (χ2n) is 6.66. The maximum absolute atomic E-state index is 12.9. The van der Waals surface area contributed by atoms with E-state index in [0.717, 1.165) is 22.2 Å². The zero-order valence-electron chi connectivity index (χ0n) is 15.9. The van der Waals surface area contributed by atoms with Crippen LogP contribution in [0, 0.1) is 6.92 Å². The quantitative estimate of drug-likeness (QED) is 0.721. The van der Waals surface area contributed by atoms with Gasteiger partial charge in [0.1, 0.15) is 0 Å². The highest BCUT2D eigenvalue weighted by Gasteiger charge is 2.40. The molecule has 0 atom stereocenters. The standard InChI is InChI=1S/C21H15N3O5S/c1-10-7-8-12(20(28)29)9-14(10)22-21-23-18(26)17(30-21)16-13-5-3-4-6-15(13)24(11(2)25)19(16)27/h3-9H,1-2H3,(H,28,29)(H,22,23,26). The topological polar surface area (TPSA) is 116 Å². The molecular weight excluding hydrogens is 406 g/mol.